The Kier molecular flexibility index (Phi) is 2.26. The fourth-order valence-corrected chi connectivity index (χ4v) is 2.67. The number of halogens is 1. The lowest BCUT2D eigenvalue weighted by atomic mass is 10.0. The fraction of sp³-hybridized carbons (Fsp3) is 0.538. The zero-order valence-corrected chi connectivity index (χ0v) is 9.12. The molecule has 1 aliphatic carbocycles. The van der Waals surface area contributed by atoms with Crippen molar-refractivity contribution in [3.63, 3.8) is 0 Å². The van der Waals surface area contributed by atoms with Crippen molar-refractivity contribution in [3.05, 3.63) is 35.6 Å². The number of nitrogens with one attached hydrogen (secondary N) is 1. The summed E-state index contributed by atoms with van der Waals surface area (Å²) in [5.74, 6) is -0.282. The van der Waals surface area contributed by atoms with E-state index >= 15 is 0 Å². The SMILES string of the molecule is O[C@@H](c1cccc(F)c1)C1CCC2(CC2)N1. The van der Waals surface area contributed by atoms with E-state index in [-0.39, 0.29) is 11.9 Å². The molecule has 1 unspecified atom stereocenters. The minimum Gasteiger partial charge on any atom is -0.387 e. The summed E-state index contributed by atoms with van der Waals surface area (Å²) < 4.78 is 13.0. The van der Waals surface area contributed by atoms with Crippen LogP contribution in [0.25, 0.3) is 0 Å². The predicted molar refractivity (Wildman–Crippen MR) is 59.5 cm³/mol. The summed E-state index contributed by atoms with van der Waals surface area (Å²) >= 11 is 0. The number of hydrogen-bond acceptors (Lipinski definition) is 2. The Morgan fingerprint density at radius 2 is 2.19 bits per heavy atom. The standard InChI is InChI=1S/C13H16FNO/c14-10-3-1-2-9(8-10)12(16)11-4-5-13(15-11)6-7-13/h1-3,8,11-12,15-16H,4-7H2/t11?,12-/m0/s1. The lowest BCUT2D eigenvalue weighted by Gasteiger charge is -2.20. The summed E-state index contributed by atoms with van der Waals surface area (Å²) in [6.07, 6.45) is 3.98. The van der Waals surface area contributed by atoms with E-state index in [0.29, 0.717) is 11.1 Å². The first-order chi connectivity index (χ1) is 7.69. The Morgan fingerprint density at radius 3 is 2.81 bits per heavy atom. The molecule has 2 N–H and O–H groups in total. The topological polar surface area (TPSA) is 32.3 Å². The Bertz CT molecular complexity index is 403. The molecule has 1 saturated carbocycles. The largest absolute Gasteiger partial charge is 0.387 e. The monoisotopic (exact) mass is 221 g/mol. The van der Waals surface area contributed by atoms with Crippen LogP contribution < -0.4 is 5.32 Å². The molecule has 2 nitrogen and oxygen atoms in total. The second-order valence-corrected chi connectivity index (χ2v) is 5.07. The highest BCUT2D eigenvalue weighted by molar-refractivity contribution is 5.22. The van der Waals surface area contributed by atoms with Crippen molar-refractivity contribution >= 4 is 0 Å². The number of hydrogen-bond donors (Lipinski definition) is 2. The highest BCUT2D eigenvalue weighted by Gasteiger charge is 2.49. The first kappa shape index (κ1) is 10.2. The van der Waals surface area contributed by atoms with Gasteiger partial charge in [0, 0.05) is 11.6 Å². The van der Waals surface area contributed by atoms with Crippen LogP contribution in [0, 0.1) is 5.82 Å². The highest BCUT2D eigenvalue weighted by Crippen LogP contribution is 2.46. The summed E-state index contributed by atoms with van der Waals surface area (Å²) in [6.45, 7) is 0. The van der Waals surface area contributed by atoms with E-state index in [1.54, 1.807) is 12.1 Å². The van der Waals surface area contributed by atoms with Gasteiger partial charge in [-0.15, -0.1) is 0 Å². The van der Waals surface area contributed by atoms with Crippen molar-refractivity contribution in [2.24, 2.45) is 0 Å². The van der Waals surface area contributed by atoms with Crippen LogP contribution in [-0.4, -0.2) is 16.7 Å². The lowest BCUT2D eigenvalue weighted by Crippen LogP contribution is -2.35. The summed E-state index contributed by atoms with van der Waals surface area (Å²) in [5.41, 5.74) is 0.995. The van der Waals surface area contributed by atoms with Crippen LogP contribution in [0.2, 0.25) is 0 Å². The van der Waals surface area contributed by atoms with E-state index in [9.17, 15) is 9.50 Å². The van der Waals surface area contributed by atoms with E-state index in [1.807, 2.05) is 0 Å². The van der Waals surface area contributed by atoms with Gasteiger partial charge in [0.05, 0.1) is 6.10 Å². The second-order valence-electron chi connectivity index (χ2n) is 5.07. The van der Waals surface area contributed by atoms with Gasteiger partial charge >= 0.3 is 0 Å². The van der Waals surface area contributed by atoms with Gasteiger partial charge in [0.15, 0.2) is 0 Å². The number of rotatable bonds is 2. The molecule has 3 rings (SSSR count). The molecule has 0 amide bonds. The van der Waals surface area contributed by atoms with Crippen LogP contribution in [0.3, 0.4) is 0 Å². The molecule has 1 aromatic rings. The molecule has 0 bridgehead atoms. The maximum atomic E-state index is 13.0. The molecular formula is C13H16FNO. The molecule has 2 aliphatic rings. The summed E-state index contributed by atoms with van der Waals surface area (Å²) in [7, 11) is 0. The molecule has 0 radical (unpaired) electrons. The van der Waals surface area contributed by atoms with E-state index < -0.39 is 6.10 Å². The van der Waals surface area contributed by atoms with E-state index in [1.165, 1.54) is 25.0 Å². The van der Waals surface area contributed by atoms with Gasteiger partial charge < -0.3 is 10.4 Å². The molecular weight excluding hydrogens is 205 g/mol. The van der Waals surface area contributed by atoms with Gasteiger partial charge in [-0.3, -0.25) is 0 Å². The van der Waals surface area contributed by atoms with Crippen LogP contribution in [0.5, 0.6) is 0 Å². The quantitative estimate of drug-likeness (QED) is 0.802. The average Bonchev–Trinajstić information content (AvgIpc) is 2.88. The van der Waals surface area contributed by atoms with Crippen molar-refractivity contribution < 1.29 is 9.50 Å². The average molecular weight is 221 g/mol. The zero-order valence-electron chi connectivity index (χ0n) is 9.12. The minimum absolute atomic E-state index is 0.0873. The van der Waals surface area contributed by atoms with Gasteiger partial charge in [0.25, 0.3) is 0 Å². The summed E-state index contributed by atoms with van der Waals surface area (Å²) in [5, 5.41) is 13.7. The summed E-state index contributed by atoms with van der Waals surface area (Å²) in [4.78, 5) is 0. The molecule has 1 spiro atoms. The van der Waals surface area contributed by atoms with Gasteiger partial charge in [-0.05, 0) is 43.4 Å². The molecule has 1 heterocycles. The Balaban J connectivity index is 1.75. The van der Waals surface area contributed by atoms with Gasteiger partial charge in [-0.2, -0.15) is 0 Å². The van der Waals surface area contributed by atoms with Gasteiger partial charge in [0.2, 0.25) is 0 Å². The molecule has 3 heteroatoms. The lowest BCUT2D eigenvalue weighted by molar-refractivity contribution is 0.134. The smallest absolute Gasteiger partial charge is 0.123 e. The molecule has 16 heavy (non-hydrogen) atoms. The van der Waals surface area contributed by atoms with Crippen LogP contribution in [0.4, 0.5) is 4.39 Å². The van der Waals surface area contributed by atoms with E-state index in [2.05, 4.69) is 5.32 Å². The van der Waals surface area contributed by atoms with E-state index in [4.69, 9.17) is 0 Å². The zero-order chi connectivity index (χ0) is 11.2. The summed E-state index contributed by atoms with van der Waals surface area (Å²) in [6, 6.07) is 6.35. The third-order valence-electron chi connectivity index (χ3n) is 3.85. The van der Waals surface area contributed by atoms with E-state index in [0.717, 1.165) is 12.8 Å². The molecule has 1 saturated heterocycles. The van der Waals surface area contributed by atoms with Gasteiger partial charge in [-0.25, -0.2) is 4.39 Å². The molecule has 2 fully saturated rings. The van der Waals surface area contributed by atoms with Gasteiger partial charge in [0.1, 0.15) is 5.82 Å². The van der Waals surface area contributed by atoms with Crippen molar-refractivity contribution in [2.75, 3.05) is 0 Å². The third-order valence-corrected chi connectivity index (χ3v) is 3.85. The minimum atomic E-state index is -0.587. The normalized spacial score (nSPS) is 28.2. The Labute approximate surface area is 94.5 Å². The number of aliphatic hydroxyl groups excluding tert-OH is 1. The van der Waals surface area contributed by atoms with Crippen LogP contribution >= 0.6 is 0 Å². The van der Waals surface area contributed by atoms with Crippen molar-refractivity contribution in [1.29, 1.82) is 0 Å². The first-order valence-corrected chi connectivity index (χ1v) is 5.90. The first-order valence-electron chi connectivity index (χ1n) is 5.90. The van der Waals surface area contributed by atoms with Crippen LogP contribution in [-0.2, 0) is 0 Å². The maximum absolute atomic E-state index is 13.0. The fourth-order valence-electron chi connectivity index (χ4n) is 2.67. The van der Waals surface area contributed by atoms with Crippen LogP contribution in [0.15, 0.2) is 24.3 Å². The molecule has 0 aromatic heterocycles. The van der Waals surface area contributed by atoms with Crippen molar-refractivity contribution in [3.8, 4) is 0 Å². The molecule has 2 atom stereocenters. The molecule has 1 aromatic carbocycles. The van der Waals surface area contributed by atoms with Gasteiger partial charge in [-0.1, -0.05) is 12.1 Å². The van der Waals surface area contributed by atoms with Crippen LogP contribution in [0.1, 0.15) is 37.4 Å². The Hall–Kier alpha value is -0.930. The van der Waals surface area contributed by atoms with Crippen molar-refractivity contribution in [2.45, 2.75) is 43.4 Å². The number of benzene rings is 1. The molecule has 86 valence electrons. The van der Waals surface area contributed by atoms with Crippen molar-refractivity contribution in [1.82, 2.24) is 5.32 Å². The maximum Gasteiger partial charge on any atom is 0.123 e. The third kappa shape index (κ3) is 1.74. The second kappa shape index (κ2) is 3.54. The molecule has 1 aliphatic heterocycles. The predicted octanol–water partition coefficient (Wildman–Crippen LogP) is 2.14. The highest BCUT2D eigenvalue weighted by atomic mass is 19.1. The number of aliphatic hydroxyl groups is 1. The Morgan fingerprint density at radius 1 is 1.38 bits per heavy atom.